The number of benzene rings is 2. The van der Waals surface area contributed by atoms with Crippen LogP contribution in [-0.4, -0.2) is 17.1 Å². The summed E-state index contributed by atoms with van der Waals surface area (Å²) in [6.07, 6.45) is 7.21. The van der Waals surface area contributed by atoms with Crippen LogP contribution in [0.4, 0.5) is 0 Å². The minimum absolute atomic E-state index is 0.0344. The summed E-state index contributed by atoms with van der Waals surface area (Å²) >= 11 is 0. The maximum absolute atomic E-state index is 12.2. The van der Waals surface area contributed by atoms with Crippen molar-refractivity contribution in [3.8, 4) is 0 Å². The molecule has 3 rings (SSSR count). The molecular formula is C24H31NO2. The molecule has 0 fully saturated rings. The lowest BCUT2D eigenvalue weighted by atomic mass is 9.83. The molecule has 0 amide bonds. The van der Waals surface area contributed by atoms with E-state index in [1.54, 1.807) is 0 Å². The number of carbonyl (C=O) groups is 1. The first kappa shape index (κ1) is 19.6. The van der Waals surface area contributed by atoms with Gasteiger partial charge < -0.3 is 10.8 Å². The lowest BCUT2D eigenvalue weighted by Crippen LogP contribution is -2.26. The van der Waals surface area contributed by atoms with E-state index in [1.165, 1.54) is 16.7 Å². The number of hydrogen-bond acceptors (Lipinski definition) is 2. The van der Waals surface area contributed by atoms with Gasteiger partial charge in [-0.2, -0.15) is 0 Å². The number of aryl methyl sites for hydroxylation is 1. The Bertz CT molecular complexity index is 798. The summed E-state index contributed by atoms with van der Waals surface area (Å²) in [5.74, 6) is -0.867. The molecule has 0 heterocycles. The number of hydrogen-bond donors (Lipinski definition) is 2. The normalized spacial score (nSPS) is 18.5. The Labute approximate surface area is 162 Å². The van der Waals surface area contributed by atoms with Gasteiger partial charge in [-0.3, -0.25) is 0 Å². The quantitative estimate of drug-likeness (QED) is 0.685. The van der Waals surface area contributed by atoms with Crippen molar-refractivity contribution in [1.29, 1.82) is 0 Å². The average Bonchev–Trinajstić information content (AvgIpc) is 3.01. The van der Waals surface area contributed by atoms with Crippen LogP contribution in [0.25, 0.3) is 0 Å². The van der Waals surface area contributed by atoms with E-state index in [4.69, 9.17) is 5.73 Å². The second-order valence-electron chi connectivity index (χ2n) is 7.72. The van der Waals surface area contributed by atoms with E-state index in [2.05, 4.69) is 26.0 Å². The minimum atomic E-state index is -0.832. The van der Waals surface area contributed by atoms with Gasteiger partial charge >= 0.3 is 5.97 Å². The third-order valence-electron chi connectivity index (χ3n) is 5.83. The van der Waals surface area contributed by atoms with Crippen LogP contribution in [0.3, 0.4) is 0 Å². The molecule has 3 heteroatoms. The maximum atomic E-state index is 12.2. The largest absolute Gasteiger partial charge is 0.478 e. The minimum Gasteiger partial charge on any atom is -0.478 e. The van der Waals surface area contributed by atoms with E-state index in [9.17, 15) is 9.90 Å². The standard InChI is InChI=1S/C24H31NO2/c1-3-5-10-17-14-20(24(26)27)23-19(18(17)13-6-4-2)15-21(25)22(23)16-11-8-7-9-12-16/h7-9,11-12,14,21-22H,3-6,10,13,15,25H2,1-2H3,(H,26,27). The van der Waals surface area contributed by atoms with Crippen molar-refractivity contribution in [1.82, 2.24) is 0 Å². The summed E-state index contributed by atoms with van der Waals surface area (Å²) in [7, 11) is 0. The predicted octanol–water partition coefficient (Wildman–Crippen LogP) is 5.09. The number of carboxylic acid groups (broad SMARTS) is 1. The van der Waals surface area contributed by atoms with Gasteiger partial charge in [0.05, 0.1) is 5.56 Å². The molecule has 0 aliphatic heterocycles. The molecule has 144 valence electrons. The highest BCUT2D eigenvalue weighted by Crippen LogP contribution is 2.43. The van der Waals surface area contributed by atoms with Gasteiger partial charge in [0.1, 0.15) is 0 Å². The Balaban J connectivity index is 2.19. The lowest BCUT2D eigenvalue weighted by molar-refractivity contribution is 0.0695. The van der Waals surface area contributed by atoms with E-state index in [-0.39, 0.29) is 12.0 Å². The second-order valence-corrected chi connectivity index (χ2v) is 7.72. The number of unbranched alkanes of at least 4 members (excludes halogenated alkanes) is 2. The molecule has 3 nitrogen and oxygen atoms in total. The molecule has 0 saturated carbocycles. The molecule has 27 heavy (non-hydrogen) atoms. The summed E-state index contributed by atoms with van der Waals surface area (Å²) in [5, 5.41) is 9.98. The van der Waals surface area contributed by atoms with Crippen LogP contribution in [0.1, 0.15) is 83.6 Å². The third kappa shape index (κ3) is 3.93. The van der Waals surface area contributed by atoms with Crippen molar-refractivity contribution in [2.45, 2.75) is 70.8 Å². The highest BCUT2D eigenvalue weighted by Gasteiger charge is 2.37. The van der Waals surface area contributed by atoms with Crippen molar-refractivity contribution >= 4 is 5.97 Å². The van der Waals surface area contributed by atoms with Crippen molar-refractivity contribution in [3.05, 3.63) is 69.8 Å². The highest BCUT2D eigenvalue weighted by molar-refractivity contribution is 5.91. The summed E-state index contributed by atoms with van der Waals surface area (Å²) in [5.41, 5.74) is 12.9. The number of fused-ring (bicyclic) bond motifs is 1. The molecule has 0 radical (unpaired) electrons. The van der Waals surface area contributed by atoms with E-state index in [0.717, 1.165) is 56.1 Å². The molecule has 1 aliphatic rings. The summed E-state index contributed by atoms with van der Waals surface area (Å²) in [4.78, 5) is 12.2. The Hall–Kier alpha value is -2.13. The van der Waals surface area contributed by atoms with Crippen molar-refractivity contribution < 1.29 is 9.90 Å². The van der Waals surface area contributed by atoms with Crippen LogP contribution in [0.2, 0.25) is 0 Å². The molecule has 2 atom stereocenters. The van der Waals surface area contributed by atoms with Gasteiger partial charge in [0.15, 0.2) is 0 Å². The first-order valence-corrected chi connectivity index (χ1v) is 10.3. The van der Waals surface area contributed by atoms with Crippen molar-refractivity contribution in [2.24, 2.45) is 5.73 Å². The Morgan fingerprint density at radius 3 is 2.41 bits per heavy atom. The summed E-state index contributed by atoms with van der Waals surface area (Å²) < 4.78 is 0. The van der Waals surface area contributed by atoms with Crippen molar-refractivity contribution in [3.63, 3.8) is 0 Å². The molecule has 0 saturated heterocycles. The highest BCUT2D eigenvalue weighted by atomic mass is 16.4. The molecule has 0 bridgehead atoms. The van der Waals surface area contributed by atoms with Crippen LogP contribution in [0.15, 0.2) is 36.4 Å². The fourth-order valence-electron chi connectivity index (χ4n) is 4.52. The smallest absolute Gasteiger partial charge is 0.336 e. The fourth-order valence-corrected chi connectivity index (χ4v) is 4.52. The zero-order valence-electron chi connectivity index (χ0n) is 16.5. The first-order chi connectivity index (χ1) is 13.1. The van der Waals surface area contributed by atoms with E-state index in [1.807, 2.05) is 24.3 Å². The summed E-state index contributed by atoms with van der Waals surface area (Å²) in [6.45, 7) is 4.38. The first-order valence-electron chi connectivity index (χ1n) is 10.3. The number of carboxylic acids is 1. The summed E-state index contributed by atoms with van der Waals surface area (Å²) in [6, 6.07) is 12.0. The van der Waals surface area contributed by atoms with E-state index >= 15 is 0 Å². The molecule has 2 aromatic carbocycles. The predicted molar refractivity (Wildman–Crippen MR) is 111 cm³/mol. The van der Waals surface area contributed by atoms with Crippen LogP contribution < -0.4 is 5.73 Å². The van der Waals surface area contributed by atoms with Gasteiger partial charge in [-0.15, -0.1) is 0 Å². The molecule has 2 aromatic rings. The van der Waals surface area contributed by atoms with Gasteiger partial charge in [0, 0.05) is 12.0 Å². The average molecular weight is 366 g/mol. The Kier molecular flexibility index (Phi) is 6.33. The van der Waals surface area contributed by atoms with Crippen LogP contribution in [0.5, 0.6) is 0 Å². The Morgan fingerprint density at radius 1 is 1.11 bits per heavy atom. The van der Waals surface area contributed by atoms with Gasteiger partial charge in [0.25, 0.3) is 0 Å². The van der Waals surface area contributed by atoms with Gasteiger partial charge in [-0.1, -0.05) is 57.0 Å². The van der Waals surface area contributed by atoms with Gasteiger partial charge in [-0.25, -0.2) is 4.79 Å². The molecule has 2 unspecified atom stereocenters. The van der Waals surface area contributed by atoms with Gasteiger partial charge in [-0.05, 0) is 66.0 Å². The molecular weight excluding hydrogens is 334 g/mol. The molecule has 0 aromatic heterocycles. The Morgan fingerprint density at radius 2 is 1.78 bits per heavy atom. The molecule has 0 spiro atoms. The monoisotopic (exact) mass is 365 g/mol. The number of rotatable bonds is 8. The molecule has 3 N–H and O–H groups in total. The third-order valence-corrected chi connectivity index (χ3v) is 5.83. The zero-order chi connectivity index (χ0) is 19.4. The topological polar surface area (TPSA) is 63.3 Å². The van der Waals surface area contributed by atoms with Crippen LogP contribution in [0, 0.1) is 0 Å². The van der Waals surface area contributed by atoms with Crippen LogP contribution in [-0.2, 0) is 19.3 Å². The number of aromatic carboxylic acids is 1. The molecule has 1 aliphatic carbocycles. The SMILES string of the molecule is CCCCc1cc(C(=O)O)c2c(c1CCCC)CC(N)C2c1ccccc1. The van der Waals surface area contributed by atoms with E-state index < -0.39 is 5.97 Å². The fraction of sp³-hybridized carbons (Fsp3) is 0.458. The lowest BCUT2D eigenvalue weighted by Gasteiger charge is -2.21. The van der Waals surface area contributed by atoms with Gasteiger partial charge in [0.2, 0.25) is 0 Å². The van der Waals surface area contributed by atoms with Crippen molar-refractivity contribution in [2.75, 3.05) is 0 Å². The van der Waals surface area contributed by atoms with E-state index in [0.29, 0.717) is 5.56 Å². The zero-order valence-corrected chi connectivity index (χ0v) is 16.5. The second kappa shape index (κ2) is 8.71. The van der Waals surface area contributed by atoms with Crippen LogP contribution >= 0.6 is 0 Å². The number of nitrogens with two attached hydrogens (primary N) is 1. The maximum Gasteiger partial charge on any atom is 0.336 e.